The summed E-state index contributed by atoms with van der Waals surface area (Å²) in [7, 11) is 0. The van der Waals surface area contributed by atoms with E-state index < -0.39 is 0 Å². The van der Waals surface area contributed by atoms with E-state index in [2.05, 4.69) is 43.4 Å². The average Bonchev–Trinajstić information content (AvgIpc) is 3.28. The fraction of sp³-hybridized carbons (Fsp3) is 0.333. The van der Waals surface area contributed by atoms with Gasteiger partial charge >= 0.3 is 0 Å². The lowest BCUT2D eigenvalue weighted by atomic mass is 10.1. The van der Waals surface area contributed by atoms with Crippen LogP contribution in [-0.2, 0) is 6.54 Å². The van der Waals surface area contributed by atoms with Gasteiger partial charge in [-0.2, -0.15) is 0 Å². The molecule has 1 aliphatic carbocycles. The highest BCUT2D eigenvalue weighted by molar-refractivity contribution is 7.99. The number of aryl methyl sites for hydroxylation is 2. The Morgan fingerprint density at radius 3 is 2.67 bits per heavy atom. The number of benzene rings is 2. The van der Waals surface area contributed by atoms with Crippen LogP contribution in [0.3, 0.4) is 0 Å². The van der Waals surface area contributed by atoms with Crippen molar-refractivity contribution in [1.82, 2.24) is 5.32 Å². The van der Waals surface area contributed by atoms with E-state index in [0.29, 0.717) is 6.04 Å². The molecule has 1 nitrogen and oxygen atoms in total. The first kappa shape index (κ1) is 15.0. The van der Waals surface area contributed by atoms with E-state index in [9.17, 15) is 0 Å². The molecule has 3 rings (SSSR count). The lowest BCUT2D eigenvalue weighted by Gasteiger charge is -2.12. The molecule has 0 atom stereocenters. The van der Waals surface area contributed by atoms with E-state index in [1.54, 1.807) is 11.8 Å². The first-order valence-electron chi connectivity index (χ1n) is 7.39. The van der Waals surface area contributed by atoms with E-state index in [0.717, 1.165) is 11.6 Å². The summed E-state index contributed by atoms with van der Waals surface area (Å²) in [5.74, 6) is 0. The summed E-state index contributed by atoms with van der Waals surface area (Å²) >= 11 is 8.20. The zero-order valence-electron chi connectivity index (χ0n) is 12.4. The van der Waals surface area contributed by atoms with Crippen molar-refractivity contribution in [3.63, 3.8) is 0 Å². The third kappa shape index (κ3) is 3.82. The lowest BCUT2D eigenvalue weighted by Crippen LogP contribution is -2.15. The fourth-order valence-electron chi connectivity index (χ4n) is 2.24. The number of halogens is 1. The van der Waals surface area contributed by atoms with Gasteiger partial charge in [0.2, 0.25) is 0 Å². The molecule has 2 aromatic rings. The van der Waals surface area contributed by atoms with Crippen LogP contribution in [0, 0.1) is 13.8 Å². The highest BCUT2D eigenvalue weighted by atomic mass is 35.5. The van der Waals surface area contributed by atoms with Crippen molar-refractivity contribution in [2.45, 2.75) is 49.1 Å². The van der Waals surface area contributed by atoms with Crippen molar-refractivity contribution < 1.29 is 0 Å². The van der Waals surface area contributed by atoms with Gasteiger partial charge in [-0.25, -0.2) is 0 Å². The standard InChI is InChI=1S/C18H20ClNS/c1-12-6-9-16(10-13(12)2)21-18-14(4-3-5-17(18)19)11-20-15-7-8-15/h3-6,9-10,15,20H,7-8,11H2,1-2H3. The van der Waals surface area contributed by atoms with Crippen LogP contribution in [0.4, 0.5) is 0 Å². The van der Waals surface area contributed by atoms with E-state index >= 15 is 0 Å². The average molecular weight is 318 g/mol. The van der Waals surface area contributed by atoms with Gasteiger partial charge in [0.25, 0.3) is 0 Å². The molecule has 0 unspecified atom stereocenters. The molecule has 1 fully saturated rings. The Labute approximate surface area is 136 Å². The first-order valence-corrected chi connectivity index (χ1v) is 8.59. The molecule has 0 amide bonds. The van der Waals surface area contributed by atoms with Crippen molar-refractivity contribution in [3.05, 3.63) is 58.1 Å². The minimum atomic E-state index is 0.712. The van der Waals surface area contributed by atoms with Crippen molar-refractivity contribution in [2.24, 2.45) is 0 Å². The summed E-state index contributed by atoms with van der Waals surface area (Å²) in [6, 6.07) is 13.5. The minimum absolute atomic E-state index is 0.712. The Morgan fingerprint density at radius 1 is 1.14 bits per heavy atom. The Bertz CT molecular complexity index is 650. The third-order valence-corrected chi connectivity index (χ3v) is 5.51. The molecule has 0 saturated heterocycles. The van der Waals surface area contributed by atoms with Crippen molar-refractivity contribution in [3.8, 4) is 0 Å². The molecule has 110 valence electrons. The topological polar surface area (TPSA) is 12.0 Å². The summed E-state index contributed by atoms with van der Waals surface area (Å²) in [6.45, 7) is 5.20. The second-order valence-electron chi connectivity index (χ2n) is 5.73. The zero-order valence-corrected chi connectivity index (χ0v) is 14.0. The monoisotopic (exact) mass is 317 g/mol. The predicted octanol–water partition coefficient (Wildman–Crippen LogP) is 5.36. The summed E-state index contributed by atoms with van der Waals surface area (Å²) in [6.07, 6.45) is 2.61. The highest BCUT2D eigenvalue weighted by Crippen LogP contribution is 2.37. The molecule has 0 aromatic heterocycles. The van der Waals surface area contributed by atoms with Crippen molar-refractivity contribution in [1.29, 1.82) is 0 Å². The van der Waals surface area contributed by atoms with Gasteiger partial charge in [0.1, 0.15) is 0 Å². The van der Waals surface area contributed by atoms with Gasteiger partial charge in [-0.05, 0) is 61.6 Å². The molecule has 0 aliphatic heterocycles. The van der Waals surface area contributed by atoms with Gasteiger partial charge in [-0.15, -0.1) is 0 Å². The van der Waals surface area contributed by atoms with Crippen LogP contribution >= 0.6 is 23.4 Å². The molecule has 1 aliphatic rings. The molecule has 1 saturated carbocycles. The zero-order chi connectivity index (χ0) is 14.8. The lowest BCUT2D eigenvalue weighted by molar-refractivity contribution is 0.680. The van der Waals surface area contributed by atoms with Crippen LogP contribution in [-0.4, -0.2) is 6.04 Å². The van der Waals surface area contributed by atoms with E-state index in [1.807, 2.05) is 12.1 Å². The molecule has 0 heterocycles. The van der Waals surface area contributed by atoms with Crippen LogP contribution in [0.25, 0.3) is 0 Å². The maximum atomic E-state index is 6.43. The molecule has 1 N–H and O–H groups in total. The van der Waals surface area contributed by atoms with Gasteiger partial charge in [0.05, 0.1) is 5.02 Å². The number of nitrogens with one attached hydrogen (secondary N) is 1. The number of hydrogen-bond donors (Lipinski definition) is 1. The van der Waals surface area contributed by atoms with E-state index in [-0.39, 0.29) is 0 Å². The predicted molar refractivity (Wildman–Crippen MR) is 91.4 cm³/mol. The second kappa shape index (κ2) is 6.43. The van der Waals surface area contributed by atoms with Crippen LogP contribution in [0.15, 0.2) is 46.2 Å². The summed E-state index contributed by atoms with van der Waals surface area (Å²) in [5, 5.41) is 4.42. The number of rotatable bonds is 5. The molecular formula is C18H20ClNS. The Hall–Kier alpha value is -0.960. The van der Waals surface area contributed by atoms with Gasteiger partial charge in [0.15, 0.2) is 0 Å². The quantitative estimate of drug-likeness (QED) is 0.796. The van der Waals surface area contributed by atoms with Crippen LogP contribution in [0.1, 0.15) is 29.5 Å². The summed E-state index contributed by atoms with van der Waals surface area (Å²) < 4.78 is 0. The van der Waals surface area contributed by atoms with Crippen molar-refractivity contribution >= 4 is 23.4 Å². The SMILES string of the molecule is Cc1ccc(Sc2c(Cl)cccc2CNC2CC2)cc1C. The second-order valence-corrected chi connectivity index (χ2v) is 7.22. The van der Waals surface area contributed by atoms with Gasteiger partial charge in [-0.1, -0.05) is 41.6 Å². The Morgan fingerprint density at radius 2 is 1.95 bits per heavy atom. The van der Waals surface area contributed by atoms with Crippen LogP contribution < -0.4 is 5.32 Å². The third-order valence-electron chi connectivity index (χ3n) is 3.91. The normalized spacial score (nSPS) is 14.4. The molecule has 0 bridgehead atoms. The fourth-order valence-corrected chi connectivity index (χ4v) is 3.60. The van der Waals surface area contributed by atoms with Gasteiger partial charge in [-0.3, -0.25) is 0 Å². The minimum Gasteiger partial charge on any atom is -0.310 e. The molecule has 0 spiro atoms. The molecule has 2 aromatic carbocycles. The maximum Gasteiger partial charge on any atom is 0.0548 e. The van der Waals surface area contributed by atoms with Gasteiger partial charge in [0, 0.05) is 22.4 Å². The number of hydrogen-bond acceptors (Lipinski definition) is 2. The highest BCUT2D eigenvalue weighted by Gasteiger charge is 2.21. The van der Waals surface area contributed by atoms with Gasteiger partial charge < -0.3 is 5.32 Å². The molecule has 0 radical (unpaired) electrons. The van der Waals surface area contributed by atoms with E-state index in [1.165, 1.54) is 39.3 Å². The maximum absolute atomic E-state index is 6.43. The van der Waals surface area contributed by atoms with Crippen molar-refractivity contribution in [2.75, 3.05) is 0 Å². The van der Waals surface area contributed by atoms with E-state index in [4.69, 9.17) is 11.6 Å². The molecular weight excluding hydrogens is 298 g/mol. The molecule has 3 heteroatoms. The molecule has 21 heavy (non-hydrogen) atoms. The largest absolute Gasteiger partial charge is 0.310 e. The first-order chi connectivity index (χ1) is 10.1. The Kier molecular flexibility index (Phi) is 4.58. The smallest absolute Gasteiger partial charge is 0.0548 e. The summed E-state index contributed by atoms with van der Waals surface area (Å²) in [4.78, 5) is 2.43. The van der Waals surface area contributed by atoms with Crippen LogP contribution in [0.5, 0.6) is 0 Å². The Balaban J connectivity index is 1.83. The summed E-state index contributed by atoms with van der Waals surface area (Å²) in [5.41, 5.74) is 3.94. The van der Waals surface area contributed by atoms with Crippen LogP contribution in [0.2, 0.25) is 5.02 Å².